The fourth-order valence-electron chi connectivity index (χ4n) is 2.41. The highest BCUT2D eigenvalue weighted by Gasteiger charge is 2.41. The molecule has 0 aromatic heterocycles. The summed E-state index contributed by atoms with van der Waals surface area (Å²) < 4.78 is 67.7. The van der Waals surface area contributed by atoms with E-state index in [4.69, 9.17) is 4.74 Å². The molecule has 1 aromatic rings. The van der Waals surface area contributed by atoms with Gasteiger partial charge in [-0.25, -0.2) is 14.0 Å². The van der Waals surface area contributed by atoms with Gasteiger partial charge < -0.3 is 19.1 Å². The molecule has 0 saturated heterocycles. The summed E-state index contributed by atoms with van der Waals surface area (Å²) in [4.78, 5) is 24.9. The van der Waals surface area contributed by atoms with Gasteiger partial charge in [-0.05, 0) is 22.0 Å². The van der Waals surface area contributed by atoms with Crippen molar-refractivity contribution in [2.45, 2.75) is 6.18 Å². The summed E-state index contributed by atoms with van der Waals surface area (Å²) in [6.07, 6.45) is -4.84. The summed E-state index contributed by atoms with van der Waals surface area (Å²) in [5.41, 5.74) is -2.65. The molecule has 2 rings (SSSR count). The number of anilines is 1. The Hall–Kier alpha value is -1.66. The Morgan fingerprint density at radius 1 is 1.19 bits per heavy atom. The van der Waals surface area contributed by atoms with Crippen LogP contribution in [-0.2, 0) is 30.0 Å². The van der Waals surface area contributed by atoms with Gasteiger partial charge in [0.05, 0.1) is 42.1 Å². The average Bonchev–Trinajstić information content (AvgIpc) is 2.58. The monoisotopic (exact) mass is 519 g/mol. The maximum atomic E-state index is 14.6. The third kappa shape index (κ3) is 4.11. The Labute approximate surface area is 167 Å². The zero-order valence-electron chi connectivity index (χ0n) is 13.7. The molecule has 0 radical (unpaired) electrons. The second-order valence-electron chi connectivity index (χ2n) is 5.09. The van der Waals surface area contributed by atoms with Crippen molar-refractivity contribution in [3.63, 3.8) is 0 Å². The highest BCUT2D eigenvalue weighted by molar-refractivity contribution is 9.11. The number of carbonyl (C=O) groups is 2. The number of ether oxygens (including phenoxy) is 3. The van der Waals surface area contributed by atoms with E-state index in [9.17, 15) is 27.2 Å². The second kappa shape index (κ2) is 8.15. The van der Waals surface area contributed by atoms with E-state index in [-0.39, 0.29) is 12.2 Å². The van der Waals surface area contributed by atoms with E-state index in [1.807, 2.05) is 0 Å². The van der Waals surface area contributed by atoms with Crippen LogP contribution in [0.2, 0.25) is 0 Å². The van der Waals surface area contributed by atoms with Gasteiger partial charge in [0.2, 0.25) is 0 Å². The fraction of sp³-hybridized carbons (Fsp3) is 0.333. The van der Waals surface area contributed by atoms with E-state index in [1.165, 1.54) is 0 Å². The molecule has 1 aromatic carbocycles. The molecule has 0 amide bonds. The Morgan fingerprint density at radius 3 is 2.30 bits per heavy atom. The normalized spacial score (nSPS) is 15.0. The Morgan fingerprint density at radius 2 is 1.78 bits per heavy atom. The smallest absolute Gasteiger partial charge is 0.418 e. The van der Waals surface area contributed by atoms with Crippen LogP contribution < -0.4 is 4.90 Å². The molecule has 0 atom stereocenters. The molecular weight excluding hydrogens is 510 g/mol. The number of methoxy groups -OCH3 is 2. The minimum absolute atomic E-state index is 0.321. The van der Waals surface area contributed by atoms with E-state index in [0.717, 1.165) is 19.1 Å². The molecule has 0 unspecified atom stereocenters. The van der Waals surface area contributed by atoms with Gasteiger partial charge in [-0.15, -0.1) is 0 Å². The Balaban J connectivity index is 2.79. The third-order valence-electron chi connectivity index (χ3n) is 3.53. The summed E-state index contributed by atoms with van der Waals surface area (Å²) in [6.45, 7) is -0.866. The van der Waals surface area contributed by atoms with Gasteiger partial charge in [-0.1, -0.05) is 15.9 Å². The molecule has 6 nitrogen and oxygen atoms in total. The first-order valence-electron chi connectivity index (χ1n) is 7.04. The van der Waals surface area contributed by atoms with Gasteiger partial charge in [0, 0.05) is 4.47 Å². The summed E-state index contributed by atoms with van der Waals surface area (Å²) in [5.74, 6) is -3.14. The van der Waals surface area contributed by atoms with Crippen molar-refractivity contribution < 1.29 is 41.4 Å². The van der Waals surface area contributed by atoms with Crippen LogP contribution in [0.4, 0.5) is 23.2 Å². The number of hydrogen-bond acceptors (Lipinski definition) is 6. The zero-order valence-corrected chi connectivity index (χ0v) is 16.9. The van der Waals surface area contributed by atoms with E-state index < -0.39 is 56.6 Å². The lowest BCUT2D eigenvalue weighted by atomic mass is 10.1. The number of carbonyl (C=O) groups excluding carboxylic acids is 2. The molecule has 12 heteroatoms. The minimum Gasteiger partial charge on any atom is -0.466 e. The maximum absolute atomic E-state index is 14.6. The molecule has 27 heavy (non-hydrogen) atoms. The molecular formula is C15H11Br2F4NO5. The second-order valence-corrected chi connectivity index (χ2v) is 6.74. The third-order valence-corrected chi connectivity index (χ3v) is 4.93. The molecule has 0 N–H and O–H groups in total. The Bertz CT molecular complexity index is 825. The van der Waals surface area contributed by atoms with Crippen molar-refractivity contribution >= 4 is 49.5 Å². The van der Waals surface area contributed by atoms with Crippen molar-refractivity contribution in [2.24, 2.45) is 0 Å². The van der Waals surface area contributed by atoms with E-state index in [2.05, 4.69) is 41.3 Å². The van der Waals surface area contributed by atoms with Crippen LogP contribution in [0.5, 0.6) is 0 Å². The van der Waals surface area contributed by atoms with Crippen LogP contribution >= 0.6 is 31.9 Å². The number of rotatable bonds is 3. The number of esters is 2. The largest absolute Gasteiger partial charge is 0.466 e. The maximum Gasteiger partial charge on any atom is 0.418 e. The molecule has 0 bridgehead atoms. The first kappa shape index (κ1) is 21.6. The number of hydrogen-bond donors (Lipinski definition) is 0. The Kier molecular flexibility index (Phi) is 6.53. The SMILES string of the molecule is COC(=O)C1=C(C(=O)OC)N(c2c(F)cc(Br)c(C(F)(F)F)c2Br)COC1. The molecule has 0 saturated carbocycles. The van der Waals surface area contributed by atoms with Gasteiger partial charge in [-0.2, -0.15) is 13.2 Å². The number of nitrogens with zero attached hydrogens (tertiary/aromatic N) is 1. The standard InChI is InChI=1S/C15H11Br2F4NO5/c1-25-13(23)6-4-27-5-22(11(6)14(24)26-2)12-8(18)3-7(16)9(10(12)17)15(19,20)21/h3H,4-5H2,1-2H3. The molecule has 0 aliphatic carbocycles. The van der Waals surface area contributed by atoms with Crippen LogP contribution in [0.15, 0.2) is 26.3 Å². The van der Waals surface area contributed by atoms with E-state index in [1.54, 1.807) is 0 Å². The fourth-order valence-corrected chi connectivity index (χ4v) is 4.14. The first-order chi connectivity index (χ1) is 12.5. The zero-order chi connectivity index (χ0) is 20.5. The van der Waals surface area contributed by atoms with Crippen LogP contribution in [0.1, 0.15) is 5.56 Å². The van der Waals surface area contributed by atoms with Gasteiger partial charge in [0.15, 0.2) is 0 Å². The first-order valence-corrected chi connectivity index (χ1v) is 8.62. The summed E-state index contributed by atoms with van der Waals surface area (Å²) in [6, 6.07) is 0.601. The highest BCUT2D eigenvalue weighted by atomic mass is 79.9. The molecule has 1 aliphatic heterocycles. The lowest BCUT2D eigenvalue weighted by Gasteiger charge is -2.32. The molecule has 0 spiro atoms. The average molecular weight is 521 g/mol. The topological polar surface area (TPSA) is 65.1 Å². The summed E-state index contributed by atoms with van der Waals surface area (Å²) >= 11 is 5.43. The van der Waals surface area contributed by atoms with E-state index in [0.29, 0.717) is 6.07 Å². The van der Waals surface area contributed by atoms with Crippen LogP contribution in [0.25, 0.3) is 0 Å². The van der Waals surface area contributed by atoms with Gasteiger partial charge >= 0.3 is 18.1 Å². The van der Waals surface area contributed by atoms with Crippen LogP contribution in [0, 0.1) is 5.82 Å². The van der Waals surface area contributed by atoms with Crippen molar-refractivity contribution in [1.29, 1.82) is 0 Å². The van der Waals surface area contributed by atoms with Gasteiger partial charge in [0.1, 0.15) is 18.2 Å². The summed E-state index contributed by atoms with van der Waals surface area (Å²) in [7, 11) is 2.05. The van der Waals surface area contributed by atoms with Crippen molar-refractivity contribution in [1.82, 2.24) is 0 Å². The molecule has 0 fully saturated rings. The molecule has 1 aliphatic rings. The number of alkyl halides is 3. The van der Waals surface area contributed by atoms with Crippen molar-refractivity contribution in [3.05, 3.63) is 37.7 Å². The van der Waals surface area contributed by atoms with Gasteiger partial charge in [-0.3, -0.25) is 0 Å². The van der Waals surface area contributed by atoms with Crippen molar-refractivity contribution in [3.8, 4) is 0 Å². The predicted molar refractivity (Wildman–Crippen MR) is 91.2 cm³/mol. The number of halogens is 6. The summed E-state index contributed by atoms with van der Waals surface area (Å²) in [5, 5.41) is 0. The van der Waals surface area contributed by atoms with Gasteiger partial charge in [0.25, 0.3) is 0 Å². The molecule has 1 heterocycles. The highest BCUT2D eigenvalue weighted by Crippen LogP contribution is 2.46. The van der Waals surface area contributed by atoms with Crippen LogP contribution in [0.3, 0.4) is 0 Å². The number of benzene rings is 1. The lowest BCUT2D eigenvalue weighted by Crippen LogP contribution is -2.39. The van der Waals surface area contributed by atoms with Crippen molar-refractivity contribution in [2.75, 3.05) is 32.5 Å². The van der Waals surface area contributed by atoms with Crippen LogP contribution in [-0.4, -0.2) is 39.5 Å². The minimum atomic E-state index is -4.84. The van der Waals surface area contributed by atoms with E-state index >= 15 is 0 Å². The lowest BCUT2D eigenvalue weighted by molar-refractivity contribution is -0.140. The predicted octanol–water partition coefficient (Wildman–Crippen LogP) is 3.76. The quantitative estimate of drug-likeness (QED) is 0.446. The molecule has 148 valence electrons.